The van der Waals surface area contributed by atoms with Crippen LogP contribution in [-0.4, -0.2) is 59.3 Å². The van der Waals surface area contributed by atoms with Crippen LogP contribution in [0.15, 0.2) is 60.2 Å². The molecule has 0 aliphatic carbocycles. The number of hydrogen-bond donors (Lipinski definition) is 1. The Hall–Kier alpha value is -4.37. The molecule has 1 aliphatic rings. The summed E-state index contributed by atoms with van der Waals surface area (Å²) in [5.74, 6) is -0.731. The van der Waals surface area contributed by atoms with E-state index in [1.807, 2.05) is 43.3 Å². The summed E-state index contributed by atoms with van der Waals surface area (Å²) in [5, 5.41) is 11.8. The second kappa shape index (κ2) is 11.2. The Morgan fingerprint density at radius 3 is 2.00 bits per heavy atom. The predicted octanol–water partition coefficient (Wildman–Crippen LogP) is 5.07. The Labute approximate surface area is 231 Å². The maximum atomic E-state index is 13.6. The summed E-state index contributed by atoms with van der Waals surface area (Å²) in [5.41, 5.74) is 1.94. The Morgan fingerprint density at radius 1 is 0.821 bits per heavy atom. The summed E-state index contributed by atoms with van der Waals surface area (Å²) in [6.45, 7) is 0. The molecule has 1 aliphatic heterocycles. The quantitative estimate of drug-likeness (QED) is 0.235. The number of rotatable bonds is 8. The van der Waals surface area contributed by atoms with E-state index in [0.717, 1.165) is 5.69 Å². The third-order valence-corrected chi connectivity index (χ3v) is 6.84. The van der Waals surface area contributed by atoms with E-state index in [0.29, 0.717) is 28.5 Å². The minimum Gasteiger partial charge on any atom is -0.507 e. The normalized spacial score (nSPS) is 16.3. The van der Waals surface area contributed by atoms with Gasteiger partial charge in [-0.15, -0.1) is 0 Å². The van der Waals surface area contributed by atoms with Gasteiger partial charge in [0, 0.05) is 37.6 Å². The maximum Gasteiger partial charge on any atom is 0.300 e. The third-order valence-electron chi connectivity index (χ3n) is 6.54. The SMILES string of the molecule is COc1cc(OC)c(/C(O)=C2\C(=O)C(=O)N(c3ccc(OC)c(OC)c3)C2c2ccc(N(C)C)cc2)cc1Cl. The molecule has 4 rings (SSSR count). The van der Waals surface area contributed by atoms with Crippen LogP contribution in [0.4, 0.5) is 11.4 Å². The molecular formula is C29H29ClN2O7. The molecule has 0 radical (unpaired) electrons. The monoisotopic (exact) mass is 552 g/mol. The number of amides is 1. The van der Waals surface area contributed by atoms with Gasteiger partial charge in [0.1, 0.15) is 17.3 Å². The fourth-order valence-corrected chi connectivity index (χ4v) is 4.77. The lowest BCUT2D eigenvalue weighted by atomic mass is 9.94. The molecule has 0 saturated carbocycles. The number of ketones is 1. The molecule has 0 spiro atoms. The highest BCUT2D eigenvalue weighted by Crippen LogP contribution is 2.46. The summed E-state index contributed by atoms with van der Waals surface area (Å²) in [4.78, 5) is 30.4. The standard InChI is InChI=1S/C29H29ClN2O7/c1-31(2)17-9-7-16(8-10-17)26-25(27(33)19-14-20(30)23(38-5)15-22(19)37-4)28(34)29(35)32(26)18-11-12-21(36-3)24(13-18)39-6/h7-15,26,33H,1-6H3/b27-25+. The molecule has 1 N–H and O–H groups in total. The van der Waals surface area contributed by atoms with Crippen LogP contribution < -0.4 is 28.7 Å². The highest BCUT2D eigenvalue weighted by atomic mass is 35.5. The molecule has 1 atom stereocenters. The highest BCUT2D eigenvalue weighted by molar-refractivity contribution is 6.51. The van der Waals surface area contributed by atoms with Gasteiger partial charge in [-0.1, -0.05) is 23.7 Å². The third kappa shape index (κ3) is 4.93. The average Bonchev–Trinajstić information content (AvgIpc) is 3.21. The number of Topliss-reactive ketones (excluding diaryl/α,β-unsaturated/α-hetero) is 1. The van der Waals surface area contributed by atoms with Crippen molar-refractivity contribution in [1.29, 1.82) is 0 Å². The van der Waals surface area contributed by atoms with Crippen LogP contribution in [0.3, 0.4) is 0 Å². The first-order chi connectivity index (χ1) is 18.7. The summed E-state index contributed by atoms with van der Waals surface area (Å²) >= 11 is 6.35. The Morgan fingerprint density at radius 2 is 1.44 bits per heavy atom. The molecule has 1 saturated heterocycles. The van der Waals surface area contributed by atoms with Crippen molar-refractivity contribution in [2.75, 3.05) is 52.3 Å². The molecule has 1 fully saturated rings. The predicted molar refractivity (Wildman–Crippen MR) is 150 cm³/mol. The van der Waals surface area contributed by atoms with E-state index in [-0.39, 0.29) is 21.9 Å². The van der Waals surface area contributed by atoms with Gasteiger partial charge in [-0.25, -0.2) is 0 Å². The molecule has 9 nitrogen and oxygen atoms in total. The number of methoxy groups -OCH3 is 4. The molecule has 1 heterocycles. The van der Waals surface area contributed by atoms with Crippen molar-refractivity contribution in [3.63, 3.8) is 0 Å². The zero-order valence-electron chi connectivity index (χ0n) is 22.4. The first kappa shape index (κ1) is 27.7. The molecule has 3 aromatic carbocycles. The van der Waals surface area contributed by atoms with Crippen molar-refractivity contribution in [2.45, 2.75) is 6.04 Å². The van der Waals surface area contributed by atoms with Gasteiger partial charge in [0.15, 0.2) is 11.5 Å². The smallest absolute Gasteiger partial charge is 0.300 e. The van der Waals surface area contributed by atoms with Crippen LogP contribution >= 0.6 is 11.6 Å². The van der Waals surface area contributed by atoms with E-state index in [1.165, 1.54) is 45.5 Å². The second-order valence-corrected chi connectivity index (χ2v) is 9.29. The summed E-state index contributed by atoms with van der Waals surface area (Å²) in [7, 11) is 9.66. The Bertz CT molecular complexity index is 1450. The Kier molecular flexibility index (Phi) is 7.92. The molecule has 10 heteroatoms. The molecule has 1 unspecified atom stereocenters. The van der Waals surface area contributed by atoms with Crippen molar-refractivity contribution in [1.82, 2.24) is 0 Å². The number of ether oxygens (including phenoxy) is 4. The van der Waals surface area contributed by atoms with Crippen molar-refractivity contribution in [2.24, 2.45) is 0 Å². The van der Waals surface area contributed by atoms with Gasteiger partial charge in [0.05, 0.1) is 50.6 Å². The average molecular weight is 553 g/mol. The first-order valence-electron chi connectivity index (χ1n) is 11.9. The van der Waals surface area contributed by atoms with Crippen LogP contribution in [0.2, 0.25) is 5.02 Å². The first-order valence-corrected chi connectivity index (χ1v) is 12.3. The molecule has 1 amide bonds. The minimum atomic E-state index is -0.968. The van der Waals surface area contributed by atoms with Crippen molar-refractivity contribution >= 4 is 40.4 Å². The van der Waals surface area contributed by atoms with Gasteiger partial charge in [-0.2, -0.15) is 0 Å². The lowest BCUT2D eigenvalue weighted by molar-refractivity contribution is -0.132. The number of benzene rings is 3. The lowest BCUT2D eigenvalue weighted by Gasteiger charge is -2.26. The Balaban J connectivity index is 1.98. The summed E-state index contributed by atoms with van der Waals surface area (Å²) < 4.78 is 21.5. The number of anilines is 2. The fraction of sp³-hybridized carbons (Fsp3) is 0.241. The van der Waals surface area contributed by atoms with E-state index >= 15 is 0 Å². The van der Waals surface area contributed by atoms with Crippen LogP contribution in [-0.2, 0) is 9.59 Å². The van der Waals surface area contributed by atoms with Crippen molar-refractivity contribution < 1.29 is 33.6 Å². The van der Waals surface area contributed by atoms with Crippen LogP contribution in [0.25, 0.3) is 5.76 Å². The lowest BCUT2D eigenvalue weighted by Crippen LogP contribution is -2.29. The zero-order valence-corrected chi connectivity index (χ0v) is 23.2. The van der Waals surface area contributed by atoms with E-state index in [4.69, 9.17) is 30.5 Å². The van der Waals surface area contributed by atoms with Crippen molar-refractivity contribution in [3.05, 3.63) is 76.3 Å². The van der Waals surface area contributed by atoms with Gasteiger partial charge in [0.2, 0.25) is 0 Å². The number of aliphatic hydroxyl groups excluding tert-OH is 1. The molecule has 0 bridgehead atoms. The van der Waals surface area contributed by atoms with E-state index in [1.54, 1.807) is 18.2 Å². The van der Waals surface area contributed by atoms with Gasteiger partial charge in [-0.3, -0.25) is 14.5 Å². The van der Waals surface area contributed by atoms with Crippen LogP contribution in [0.1, 0.15) is 17.2 Å². The van der Waals surface area contributed by atoms with E-state index < -0.39 is 23.5 Å². The molecule has 3 aromatic rings. The van der Waals surface area contributed by atoms with E-state index in [9.17, 15) is 14.7 Å². The fourth-order valence-electron chi connectivity index (χ4n) is 4.53. The number of carbonyl (C=O) groups is 2. The highest BCUT2D eigenvalue weighted by Gasteiger charge is 2.47. The van der Waals surface area contributed by atoms with Gasteiger partial charge < -0.3 is 29.0 Å². The maximum absolute atomic E-state index is 13.6. The number of aliphatic hydroxyl groups is 1. The molecular weight excluding hydrogens is 524 g/mol. The van der Waals surface area contributed by atoms with Gasteiger partial charge in [0.25, 0.3) is 11.7 Å². The topological polar surface area (TPSA) is 97.8 Å². The largest absolute Gasteiger partial charge is 0.507 e. The number of hydrogen-bond acceptors (Lipinski definition) is 8. The zero-order chi connectivity index (χ0) is 28.4. The second-order valence-electron chi connectivity index (χ2n) is 8.88. The summed E-state index contributed by atoms with van der Waals surface area (Å²) in [6.07, 6.45) is 0. The molecule has 0 aromatic heterocycles. The van der Waals surface area contributed by atoms with Crippen LogP contribution in [0.5, 0.6) is 23.0 Å². The molecule has 204 valence electrons. The summed E-state index contributed by atoms with van der Waals surface area (Å²) in [6, 6.07) is 14.2. The minimum absolute atomic E-state index is 0.119. The van der Waals surface area contributed by atoms with E-state index in [2.05, 4.69) is 0 Å². The van der Waals surface area contributed by atoms with Gasteiger partial charge in [-0.05, 0) is 35.9 Å². The number of halogens is 1. The number of carbonyl (C=O) groups excluding carboxylic acids is 2. The van der Waals surface area contributed by atoms with Crippen LogP contribution in [0, 0.1) is 0 Å². The molecule has 39 heavy (non-hydrogen) atoms. The number of nitrogens with zero attached hydrogens (tertiary/aromatic N) is 2. The van der Waals surface area contributed by atoms with Gasteiger partial charge >= 0.3 is 0 Å². The van der Waals surface area contributed by atoms with Crippen molar-refractivity contribution in [3.8, 4) is 23.0 Å².